The molecule has 108 valence electrons. The summed E-state index contributed by atoms with van der Waals surface area (Å²) in [5.41, 5.74) is 5.86. The first kappa shape index (κ1) is 14.4. The monoisotopic (exact) mass is 272 g/mol. The van der Waals surface area contributed by atoms with E-state index in [1.54, 1.807) is 0 Å². The molecule has 4 nitrogen and oxygen atoms in total. The summed E-state index contributed by atoms with van der Waals surface area (Å²) in [4.78, 5) is 2.34. The van der Waals surface area contributed by atoms with Gasteiger partial charge in [0.1, 0.15) is 0 Å². The van der Waals surface area contributed by atoms with Gasteiger partial charge in [-0.2, -0.15) is 5.10 Å². The number of aromatic amines is 1. The van der Waals surface area contributed by atoms with E-state index in [0.717, 1.165) is 36.7 Å². The first-order chi connectivity index (χ1) is 9.65. The Morgan fingerprint density at radius 1 is 1.10 bits per heavy atom. The van der Waals surface area contributed by atoms with E-state index in [4.69, 9.17) is 0 Å². The van der Waals surface area contributed by atoms with Gasteiger partial charge in [-0.3, -0.25) is 5.10 Å². The number of aromatic nitrogens is 2. The minimum atomic E-state index is 0.804. The fourth-order valence-electron chi connectivity index (χ4n) is 2.40. The molecule has 2 rings (SSSR count). The molecule has 0 fully saturated rings. The Kier molecular flexibility index (Phi) is 4.66. The van der Waals surface area contributed by atoms with Crippen molar-refractivity contribution in [1.29, 1.82) is 0 Å². The molecule has 0 bridgehead atoms. The second kappa shape index (κ2) is 6.46. The van der Waals surface area contributed by atoms with Crippen LogP contribution in [0, 0.1) is 13.8 Å². The summed E-state index contributed by atoms with van der Waals surface area (Å²) < 4.78 is 0. The van der Waals surface area contributed by atoms with Gasteiger partial charge in [-0.05, 0) is 52.0 Å². The molecule has 1 aromatic carbocycles. The van der Waals surface area contributed by atoms with Crippen LogP contribution in [0.4, 0.5) is 11.4 Å². The fraction of sp³-hybridized carbons (Fsp3) is 0.438. The second-order valence-electron chi connectivity index (χ2n) is 4.99. The smallest absolute Gasteiger partial charge is 0.0643 e. The van der Waals surface area contributed by atoms with Crippen LogP contribution in [0.25, 0.3) is 0 Å². The van der Waals surface area contributed by atoms with Crippen LogP contribution in [0.1, 0.15) is 30.8 Å². The zero-order valence-corrected chi connectivity index (χ0v) is 12.8. The summed E-state index contributed by atoms with van der Waals surface area (Å²) in [6, 6.07) is 8.62. The molecule has 20 heavy (non-hydrogen) atoms. The highest BCUT2D eigenvalue weighted by Crippen LogP contribution is 2.19. The Hall–Kier alpha value is -1.97. The number of rotatable bonds is 6. The lowest BCUT2D eigenvalue weighted by molar-refractivity contribution is 0.866. The third-order valence-electron chi connectivity index (χ3n) is 3.75. The molecule has 0 spiro atoms. The molecule has 0 unspecified atom stereocenters. The summed E-state index contributed by atoms with van der Waals surface area (Å²) in [6.07, 6.45) is 0. The van der Waals surface area contributed by atoms with E-state index >= 15 is 0 Å². The van der Waals surface area contributed by atoms with E-state index in [0.29, 0.717) is 0 Å². The molecule has 2 N–H and O–H groups in total. The van der Waals surface area contributed by atoms with Crippen LogP contribution in [-0.2, 0) is 6.54 Å². The van der Waals surface area contributed by atoms with Crippen LogP contribution in [0.5, 0.6) is 0 Å². The highest BCUT2D eigenvalue weighted by molar-refractivity contribution is 5.55. The number of benzene rings is 1. The maximum Gasteiger partial charge on any atom is 0.0643 e. The first-order valence-electron chi connectivity index (χ1n) is 7.25. The number of aryl methyl sites for hydroxylation is 2. The molecule has 0 aliphatic heterocycles. The predicted molar refractivity (Wildman–Crippen MR) is 85.4 cm³/mol. The van der Waals surface area contributed by atoms with Crippen molar-refractivity contribution in [3.05, 3.63) is 41.2 Å². The van der Waals surface area contributed by atoms with Crippen LogP contribution in [0.15, 0.2) is 24.3 Å². The number of anilines is 2. The second-order valence-corrected chi connectivity index (χ2v) is 4.99. The van der Waals surface area contributed by atoms with Crippen LogP contribution >= 0.6 is 0 Å². The van der Waals surface area contributed by atoms with Gasteiger partial charge in [-0.1, -0.05) is 0 Å². The molecule has 0 saturated carbocycles. The van der Waals surface area contributed by atoms with Gasteiger partial charge in [0.15, 0.2) is 0 Å². The van der Waals surface area contributed by atoms with Gasteiger partial charge in [-0.25, -0.2) is 0 Å². The molecule has 0 amide bonds. The highest BCUT2D eigenvalue weighted by Gasteiger charge is 2.06. The lowest BCUT2D eigenvalue weighted by atomic mass is 10.2. The fourth-order valence-corrected chi connectivity index (χ4v) is 2.40. The van der Waals surface area contributed by atoms with Gasteiger partial charge >= 0.3 is 0 Å². The Balaban J connectivity index is 2.01. The standard InChI is InChI=1S/C16H24N4/c1-5-20(6-2)15-9-7-14(8-10-15)17-11-16-12(3)18-19-13(16)4/h7-10,17H,5-6,11H2,1-4H3,(H,18,19). The van der Waals surface area contributed by atoms with Gasteiger partial charge in [0.25, 0.3) is 0 Å². The van der Waals surface area contributed by atoms with Crippen molar-refractivity contribution >= 4 is 11.4 Å². The van der Waals surface area contributed by atoms with Crippen molar-refractivity contribution < 1.29 is 0 Å². The molecule has 1 aromatic heterocycles. The summed E-state index contributed by atoms with van der Waals surface area (Å²) in [6.45, 7) is 11.3. The lowest BCUT2D eigenvalue weighted by Gasteiger charge is -2.21. The van der Waals surface area contributed by atoms with Crippen LogP contribution in [0.2, 0.25) is 0 Å². The van der Waals surface area contributed by atoms with Crippen LogP contribution in [0.3, 0.4) is 0 Å². The number of nitrogens with zero attached hydrogens (tertiary/aromatic N) is 2. The summed E-state index contributed by atoms with van der Waals surface area (Å²) in [7, 11) is 0. The molecule has 4 heteroatoms. The topological polar surface area (TPSA) is 44.0 Å². The van der Waals surface area contributed by atoms with Gasteiger partial charge in [0.2, 0.25) is 0 Å². The first-order valence-corrected chi connectivity index (χ1v) is 7.25. The minimum Gasteiger partial charge on any atom is -0.381 e. The van der Waals surface area contributed by atoms with Crippen LogP contribution in [-0.4, -0.2) is 23.3 Å². The lowest BCUT2D eigenvalue weighted by Crippen LogP contribution is -2.21. The van der Waals surface area contributed by atoms with Gasteiger partial charge in [0, 0.05) is 42.3 Å². The van der Waals surface area contributed by atoms with E-state index in [1.165, 1.54) is 11.3 Å². The molecule has 0 aliphatic carbocycles. The molecule has 0 radical (unpaired) electrons. The number of nitrogens with one attached hydrogen (secondary N) is 2. The Morgan fingerprint density at radius 3 is 2.25 bits per heavy atom. The molecule has 0 aliphatic rings. The Bertz CT molecular complexity index is 519. The van der Waals surface area contributed by atoms with Crippen molar-refractivity contribution in [1.82, 2.24) is 10.2 Å². The largest absolute Gasteiger partial charge is 0.381 e. The summed E-state index contributed by atoms with van der Waals surface area (Å²) >= 11 is 0. The average Bonchev–Trinajstić information content (AvgIpc) is 2.78. The van der Waals surface area contributed by atoms with Crippen molar-refractivity contribution in [3.63, 3.8) is 0 Å². The van der Waals surface area contributed by atoms with Crippen LogP contribution < -0.4 is 10.2 Å². The van der Waals surface area contributed by atoms with Gasteiger partial charge < -0.3 is 10.2 Å². The van der Waals surface area contributed by atoms with E-state index in [-0.39, 0.29) is 0 Å². The molecular formula is C16H24N4. The molecule has 2 aromatic rings. The third kappa shape index (κ3) is 3.13. The van der Waals surface area contributed by atoms with E-state index in [1.807, 2.05) is 6.92 Å². The van der Waals surface area contributed by atoms with Crippen molar-refractivity contribution in [2.24, 2.45) is 0 Å². The molecule has 1 heterocycles. The normalized spacial score (nSPS) is 10.6. The predicted octanol–water partition coefficient (Wildman–Crippen LogP) is 3.48. The Morgan fingerprint density at radius 2 is 1.75 bits per heavy atom. The summed E-state index contributed by atoms with van der Waals surface area (Å²) in [5, 5.41) is 10.7. The zero-order valence-electron chi connectivity index (χ0n) is 12.8. The third-order valence-corrected chi connectivity index (χ3v) is 3.75. The highest BCUT2D eigenvalue weighted by atomic mass is 15.1. The average molecular weight is 272 g/mol. The van der Waals surface area contributed by atoms with Crippen molar-refractivity contribution in [3.8, 4) is 0 Å². The summed E-state index contributed by atoms with van der Waals surface area (Å²) in [5.74, 6) is 0. The van der Waals surface area contributed by atoms with Crippen molar-refractivity contribution in [2.45, 2.75) is 34.2 Å². The van der Waals surface area contributed by atoms with Gasteiger partial charge in [-0.15, -0.1) is 0 Å². The maximum absolute atomic E-state index is 4.22. The molecular weight excluding hydrogens is 248 g/mol. The van der Waals surface area contributed by atoms with E-state index < -0.39 is 0 Å². The quantitative estimate of drug-likeness (QED) is 0.846. The molecule has 0 saturated heterocycles. The SMILES string of the molecule is CCN(CC)c1ccc(NCc2c(C)n[nH]c2C)cc1. The Labute approximate surface area is 121 Å². The number of hydrogen-bond acceptors (Lipinski definition) is 3. The molecule has 0 atom stereocenters. The number of H-pyrrole nitrogens is 1. The van der Waals surface area contributed by atoms with Gasteiger partial charge in [0.05, 0.1) is 5.69 Å². The van der Waals surface area contributed by atoms with E-state index in [2.05, 4.69) is 65.5 Å². The van der Waals surface area contributed by atoms with Crippen molar-refractivity contribution in [2.75, 3.05) is 23.3 Å². The number of hydrogen-bond donors (Lipinski definition) is 2. The maximum atomic E-state index is 4.22. The zero-order chi connectivity index (χ0) is 14.5. The minimum absolute atomic E-state index is 0.804. The van der Waals surface area contributed by atoms with E-state index in [9.17, 15) is 0 Å².